The molecular weight excluding hydrogens is 362 g/mol. The number of ether oxygens (including phenoxy) is 1. The van der Waals surface area contributed by atoms with Crippen molar-refractivity contribution in [1.29, 1.82) is 0 Å². The first-order valence-electron chi connectivity index (χ1n) is 10.1. The molecule has 1 aromatic carbocycles. The molecule has 27 heavy (non-hydrogen) atoms. The fourth-order valence-corrected chi connectivity index (χ4v) is 6.46. The molecule has 1 aromatic rings. The zero-order valence-electron chi connectivity index (χ0n) is 16.2. The van der Waals surface area contributed by atoms with Gasteiger partial charge in [0.05, 0.1) is 24.5 Å². The number of rotatable bonds is 8. The van der Waals surface area contributed by atoms with E-state index in [2.05, 4.69) is 5.32 Å². The van der Waals surface area contributed by atoms with Gasteiger partial charge in [-0.05, 0) is 61.6 Å². The van der Waals surface area contributed by atoms with E-state index < -0.39 is 9.84 Å². The SMILES string of the molecule is COc1ccc(C(C(=O)NCCCC2CCS(=O)(=O)C2)C2CCCC2)cc1. The fraction of sp³-hybridized carbons (Fsp3) is 0.667. The summed E-state index contributed by atoms with van der Waals surface area (Å²) >= 11 is 0. The second kappa shape index (κ2) is 9.09. The standard InChI is InChI=1S/C21H31NO4S/c1-26-19-10-8-18(9-11-19)20(17-6-2-3-7-17)21(23)22-13-4-5-16-12-14-27(24,25)15-16/h8-11,16-17,20H,2-7,12-15H2,1H3,(H,22,23). The van der Waals surface area contributed by atoms with E-state index in [4.69, 9.17) is 4.74 Å². The van der Waals surface area contributed by atoms with Gasteiger partial charge < -0.3 is 10.1 Å². The van der Waals surface area contributed by atoms with Crippen molar-refractivity contribution in [3.05, 3.63) is 29.8 Å². The van der Waals surface area contributed by atoms with Crippen LogP contribution in [0.3, 0.4) is 0 Å². The number of sulfone groups is 1. The summed E-state index contributed by atoms with van der Waals surface area (Å²) < 4.78 is 28.3. The lowest BCUT2D eigenvalue weighted by atomic mass is 9.84. The molecule has 1 aliphatic carbocycles. The maximum Gasteiger partial charge on any atom is 0.227 e. The van der Waals surface area contributed by atoms with Gasteiger partial charge in [0.1, 0.15) is 5.75 Å². The number of nitrogens with one attached hydrogen (secondary N) is 1. The first-order valence-corrected chi connectivity index (χ1v) is 11.9. The molecule has 0 bridgehead atoms. The molecule has 1 aliphatic heterocycles. The lowest BCUT2D eigenvalue weighted by molar-refractivity contribution is -0.123. The van der Waals surface area contributed by atoms with E-state index in [1.807, 2.05) is 24.3 Å². The fourth-order valence-electron chi connectivity index (χ4n) is 4.55. The number of carbonyl (C=O) groups excluding carboxylic acids is 1. The van der Waals surface area contributed by atoms with Crippen molar-refractivity contribution in [2.45, 2.75) is 50.9 Å². The molecule has 2 unspecified atom stereocenters. The molecular formula is C21H31NO4S. The largest absolute Gasteiger partial charge is 0.497 e. The summed E-state index contributed by atoms with van der Waals surface area (Å²) in [6.07, 6.45) is 7.07. The highest BCUT2D eigenvalue weighted by Gasteiger charge is 2.32. The van der Waals surface area contributed by atoms with Gasteiger partial charge in [0.2, 0.25) is 5.91 Å². The molecule has 5 nitrogen and oxygen atoms in total. The molecule has 2 atom stereocenters. The zero-order valence-corrected chi connectivity index (χ0v) is 17.0. The summed E-state index contributed by atoms with van der Waals surface area (Å²) in [4.78, 5) is 12.9. The molecule has 3 rings (SSSR count). The minimum absolute atomic E-state index is 0.103. The van der Waals surface area contributed by atoms with Gasteiger partial charge in [-0.25, -0.2) is 8.42 Å². The first-order chi connectivity index (χ1) is 13.0. The van der Waals surface area contributed by atoms with E-state index in [9.17, 15) is 13.2 Å². The minimum Gasteiger partial charge on any atom is -0.497 e. The Kier molecular flexibility index (Phi) is 6.79. The van der Waals surface area contributed by atoms with Crippen LogP contribution in [0.2, 0.25) is 0 Å². The molecule has 0 spiro atoms. The summed E-state index contributed by atoms with van der Waals surface area (Å²) in [7, 11) is -1.17. The number of benzene rings is 1. The Morgan fingerprint density at radius 3 is 2.48 bits per heavy atom. The summed E-state index contributed by atoms with van der Waals surface area (Å²) in [6, 6.07) is 7.85. The van der Waals surface area contributed by atoms with Crippen LogP contribution in [0.5, 0.6) is 5.75 Å². The van der Waals surface area contributed by atoms with Gasteiger partial charge >= 0.3 is 0 Å². The van der Waals surface area contributed by atoms with E-state index in [0.717, 1.165) is 43.4 Å². The van der Waals surface area contributed by atoms with Crippen molar-refractivity contribution in [3.63, 3.8) is 0 Å². The maximum absolute atomic E-state index is 12.9. The van der Waals surface area contributed by atoms with Crippen LogP contribution in [0.4, 0.5) is 0 Å². The molecule has 150 valence electrons. The van der Waals surface area contributed by atoms with Crippen molar-refractivity contribution in [2.75, 3.05) is 25.2 Å². The Bertz CT molecular complexity index is 723. The number of hydrogen-bond acceptors (Lipinski definition) is 4. The minimum atomic E-state index is -2.81. The van der Waals surface area contributed by atoms with Gasteiger partial charge in [-0.2, -0.15) is 0 Å². The normalized spacial score (nSPS) is 23.2. The number of hydrogen-bond donors (Lipinski definition) is 1. The van der Waals surface area contributed by atoms with Crippen LogP contribution >= 0.6 is 0 Å². The summed E-state index contributed by atoms with van der Waals surface area (Å²) in [6.45, 7) is 0.620. The van der Waals surface area contributed by atoms with Crippen LogP contribution < -0.4 is 10.1 Å². The number of methoxy groups -OCH3 is 1. The van der Waals surface area contributed by atoms with Gasteiger partial charge in [-0.3, -0.25) is 4.79 Å². The average Bonchev–Trinajstić information content (AvgIpc) is 3.29. The monoisotopic (exact) mass is 393 g/mol. The third-order valence-electron chi connectivity index (χ3n) is 6.04. The van der Waals surface area contributed by atoms with E-state index in [0.29, 0.717) is 24.0 Å². The molecule has 1 saturated heterocycles. The maximum atomic E-state index is 12.9. The third-order valence-corrected chi connectivity index (χ3v) is 7.88. The second-order valence-electron chi connectivity index (χ2n) is 8.00. The molecule has 0 aromatic heterocycles. The van der Waals surface area contributed by atoms with Crippen molar-refractivity contribution in [1.82, 2.24) is 5.32 Å². The highest BCUT2D eigenvalue weighted by molar-refractivity contribution is 7.91. The summed E-state index contributed by atoms with van der Waals surface area (Å²) in [5, 5.41) is 3.11. The predicted octanol–water partition coefficient (Wildman–Crippen LogP) is 3.30. The van der Waals surface area contributed by atoms with E-state index >= 15 is 0 Å². The first kappa shape index (κ1) is 20.2. The molecule has 2 aliphatic rings. The highest BCUT2D eigenvalue weighted by Crippen LogP contribution is 2.38. The quantitative estimate of drug-likeness (QED) is 0.688. The van der Waals surface area contributed by atoms with Gasteiger partial charge in [0.25, 0.3) is 0 Å². The number of amides is 1. The third kappa shape index (κ3) is 5.47. The highest BCUT2D eigenvalue weighted by atomic mass is 32.2. The van der Waals surface area contributed by atoms with Crippen LogP contribution in [-0.4, -0.2) is 39.5 Å². The molecule has 1 amide bonds. The van der Waals surface area contributed by atoms with E-state index in [-0.39, 0.29) is 17.7 Å². The van der Waals surface area contributed by atoms with Gasteiger partial charge in [0.15, 0.2) is 9.84 Å². The molecule has 2 fully saturated rings. The summed E-state index contributed by atoms with van der Waals surface area (Å²) in [5.41, 5.74) is 1.06. The van der Waals surface area contributed by atoms with Crippen molar-refractivity contribution >= 4 is 15.7 Å². The van der Waals surface area contributed by atoms with Crippen LogP contribution in [-0.2, 0) is 14.6 Å². The van der Waals surface area contributed by atoms with Gasteiger partial charge in [-0.15, -0.1) is 0 Å². The molecule has 1 saturated carbocycles. The molecule has 1 N–H and O–H groups in total. The number of carbonyl (C=O) groups is 1. The van der Waals surface area contributed by atoms with E-state index in [1.54, 1.807) is 7.11 Å². The Hall–Kier alpha value is -1.56. The lowest BCUT2D eigenvalue weighted by Gasteiger charge is -2.23. The summed E-state index contributed by atoms with van der Waals surface area (Å²) in [5.74, 6) is 2.10. The Morgan fingerprint density at radius 2 is 1.89 bits per heavy atom. The molecule has 1 heterocycles. The van der Waals surface area contributed by atoms with Crippen LogP contribution in [0, 0.1) is 11.8 Å². The van der Waals surface area contributed by atoms with Gasteiger partial charge in [0, 0.05) is 6.54 Å². The van der Waals surface area contributed by atoms with Crippen LogP contribution in [0.1, 0.15) is 56.4 Å². The predicted molar refractivity (Wildman–Crippen MR) is 107 cm³/mol. The molecule has 0 radical (unpaired) electrons. The van der Waals surface area contributed by atoms with Crippen molar-refractivity contribution in [3.8, 4) is 5.75 Å². The van der Waals surface area contributed by atoms with E-state index in [1.165, 1.54) is 12.8 Å². The van der Waals surface area contributed by atoms with Gasteiger partial charge in [-0.1, -0.05) is 25.0 Å². The average molecular weight is 394 g/mol. The zero-order chi connectivity index (χ0) is 19.3. The van der Waals surface area contributed by atoms with Crippen LogP contribution in [0.15, 0.2) is 24.3 Å². The van der Waals surface area contributed by atoms with Crippen LogP contribution in [0.25, 0.3) is 0 Å². The Balaban J connectivity index is 1.54. The molecule has 6 heteroatoms. The Morgan fingerprint density at radius 1 is 1.19 bits per heavy atom. The second-order valence-corrected chi connectivity index (χ2v) is 10.2. The van der Waals surface area contributed by atoms with Crippen molar-refractivity contribution < 1.29 is 17.9 Å². The Labute approximate surface area is 162 Å². The topological polar surface area (TPSA) is 72.5 Å². The lowest BCUT2D eigenvalue weighted by Crippen LogP contribution is -2.33. The smallest absolute Gasteiger partial charge is 0.227 e. The van der Waals surface area contributed by atoms with Crippen molar-refractivity contribution in [2.24, 2.45) is 11.8 Å².